The zero-order chi connectivity index (χ0) is 15.4. The topological polar surface area (TPSA) is 58.6 Å². The number of carbonyl (C=O) groups excluding carboxylic acids is 1. The standard InChI is InChI=1S/C15H13F2NO3/c1-18-14(20)10-4-2-3-9(7-10)12-8-11(19)5-6-13(12)21-15(16)17/h2-8,15,19H,1H3,(H,18,20). The quantitative estimate of drug-likeness (QED) is 0.911. The predicted molar refractivity (Wildman–Crippen MR) is 73.6 cm³/mol. The molecule has 0 aliphatic rings. The minimum Gasteiger partial charge on any atom is -0.508 e. The highest BCUT2D eigenvalue weighted by molar-refractivity contribution is 5.95. The molecule has 0 spiro atoms. The Balaban J connectivity index is 2.50. The van der Waals surface area contributed by atoms with Gasteiger partial charge in [-0.2, -0.15) is 8.78 Å². The van der Waals surface area contributed by atoms with Crippen molar-refractivity contribution in [3.8, 4) is 22.6 Å². The molecule has 2 N–H and O–H groups in total. The molecular weight excluding hydrogens is 280 g/mol. The van der Waals surface area contributed by atoms with Crippen molar-refractivity contribution in [1.29, 1.82) is 0 Å². The Morgan fingerprint density at radius 1 is 1.24 bits per heavy atom. The maximum Gasteiger partial charge on any atom is 0.387 e. The Morgan fingerprint density at radius 2 is 2.00 bits per heavy atom. The summed E-state index contributed by atoms with van der Waals surface area (Å²) in [5.74, 6) is -0.456. The second kappa shape index (κ2) is 6.21. The van der Waals surface area contributed by atoms with Crippen LogP contribution in [0, 0.1) is 0 Å². The fourth-order valence-electron chi connectivity index (χ4n) is 1.91. The number of carbonyl (C=O) groups is 1. The Bertz CT molecular complexity index is 659. The summed E-state index contributed by atoms with van der Waals surface area (Å²) in [5.41, 5.74) is 1.14. The molecule has 2 aromatic carbocycles. The van der Waals surface area contributed by atoms with Crippen molar-refractivity contribution in [3.05, 3.63) is 48.0 Å². The molecule has 0 heterocycles. The van der Waals surface area contributed by atoms with Crippen molar-refractivity contribution >= 4 is 5.91 Å². The Labute approximate surface area is 120 Å². The van der Waals surface area contributed by atoms with Gasteiger partial charge in [-0.3, -0.25) is 4.79 Å². The predicted octanol–water partition coefficient (Wildman–Crippen LogP) is 3.02. The summed E-state index contributed by atoms with van der Waals surface area (Å²) in [7, 11) is 1.49. The molecule has 0 unspecified atom stereocenters. The van der Waals surface area contributed by atoms with Gasteiger partial charge in [-0.15, -0.1) is 0 Å². The normalized spacial score (nSPS) is 10.5. The molecule has 2 rings (SSSR count). The van der Waals surface area contributed by atoms with E-state index in [1.165, 1.54) is 31.3 Å². The minimum absolute atomic E-state index is 0.0724. The van der Waals surface area contributed by atoms with Gasteiger partial charge in [0, 0.05) is 18.2 Å². The average molecular weight is 293 g/mol. The van der Waals surface area contributed by atoms with Crippen LogP contribution < -0.4 is 10.1 Å². The number of amides is 1. The lowest BCUT2D eigenvalue weighted by molar-refractivity contribution is -0.0494. The van der Waals surface area contributed by atoms with Crippen LogP contribution in [0.25, 0.3) is 11.1 Å². The van der Waals surface area contributed by atoms with Gasteiger partial charge in [0.05, 0.1) is 0 Å². The summed E-state index contributed by atoms with van der Waals surface area (Å²) in [5, 5.41) is 12.0. The maximum absolute atomic E-state index is 12.4. The van der Waals surface area contributed by atoms with E-state index in [9.17, 15) is 18.7 Å². The molecule has 2 aromatic rings. The van der Waals surface area contributed by atoms with Crippen LogP contribution in [0.5, 0.6) is 11.5 Å². The molecule has 1 amide bonds. The molecule has 4 nitrogen and oxygen atoms in total. The number of hydrogen-bond donors (Lipinski definition) is 2. The highest BCUT2D eigenvalue weighted by Gasteiger charge is 2.13. The first-order chi connectivity index (χ1) is 10.0. The van der Waals surface area contributed by atoms with Crippen LogP contribution in [0.3, 0.4) is 0 Å². The van der Waals surface area contributed by atoms with E-state index in [0.29, 0.717) is 11.1 Å². The van der Waals surface area contributed by atoms with Gasteiger partial charge in [0.25, 0.3) is 5.91 Å². The van der Waals surface area contributed by atoms with Crippen LogP contribution in [-0.2, 0) is 0 Å². The van der Waals surface area contributed by atoms with Crippen molar-refractivity contribution in [3.63, 3.8) is 0 Å². The van der Waals surface area contributed by atoms with Crippen molar-refractivity contribution in [1.82, 2.24) is 5.32 Å². The summed E-state index contributed by atoms with van der Waals surface area (Å²) >= 11 is 0. The second-order valence-electron chi connectivity index (χ2n) is 4.22. The Morgan fingerprint density at radius 3 is 2.67 bits per heavy atom. The SMILES string of the molecule is CNC(=O)c1cccc(-c2cc(O)ccc2OC(F)F)c1. The monoisotopic (exact) mass is 293 g/mol. The number of ether oxygens (including phenoxy) is 1. The second-order valence-corrected chi connectivity index (χ2v) is 4.22. The largest absolute Gasteiger partial charge is 0.508 e. The van der Waals surface area contributed by atoms with Crippen LogP contribution in [0.4, 0.5) is 8.78 Å². The molecule has 21 heavy (non-hydrogen) atoms. The number of benzene rings is 2. The van der Waals surface area contributed by atoms with Crippen LogP contribution >= 0.6 is 0 Å². The van der Waals surface area contributed by atoms with E-state index in [-0.39, 0.29) is 23.0 Å². The van der Waals surface area contributed by atoms with E-state index in [4.69, 9.17) is 0 Å². The third-order valence-electron chi connectivity index (χ3n) is 2.84. The lowest BCUT2D eigenvalue weighted by Crippen LogP contribution is -2.17. The molecule has 0 saturated carbocycles. The summed E-state index contributed by atoms with van der Waals surface area (Å²) in [6.45, 7) is -2.98. The number of phenolic OH excluding ortho intramolecular Hbond substituents is 1. The number of nitrogens with one attached hydrogen (secondary N) is 1. The number of alkyl halides is 2. The Kier molecular flexibility index (Phi) is 4.37. The molecule has 0 atom stereocenters. The van der Waals surface area contributed by atoms with Crippen LogP contribution in [-0.4, -0.2) is 24.7 Å². The zero-order valence-electron chi connectivity index (χ0n) is 11.1. The molecule has 6 heteroatoms. The van der Waals surface area contributed by atoms with E-state index in [1.54, 1.807) is 18.2 Å². The van der Waals surface area contributed by atoms with Crippen LogP contribution in [0.2, 0.25) is 0 Å². The third kappa shape index (κ3) is 3.47. The smallest absolute Gasteiger partial charge is 0.387 e. The first-order valence-electron chi connectivity index (χ1n) is 6.11. The van der Waals surface area contributed by atoms with Crippen molar-refractivity contribution in [2.75, 3.05) is 7.05 Å². The number of hydrogen-bond acceptors (Lipinski definition) is 3. The highest BCUT2D eigenvalue weighted by Crippen LogP contribution is 2.34. The third-order valence-corrected chi connectivity index (χ3v) is 2.84. The first-order valence-corrected chi connectivity index (χ1v) is 6.11. The first kappa shape index (κ1) is 14.8. The molecule has 110 valence electrons. The van der Waals surface area contributed by atoms with Crippen LogP contribution in [0.1, 0.15) is 10.4 Å². The van der Waals surface area contributed by atoms with E-state index in [2.05, 4.69) is 10.1 Å². The van der Waals surface area contributed by atoms with E-state index in [0.717, 1.165) is 0 Å². The number of phenols is 1. The summed E-state index contributed by atoms with van der Waals surface area (Å²) in [4.78, 5) is 11.6. The Hall–Kier alpha value is -2.63. The van der Waals surface area contributed by atoms with E-state index >= 15 is 0 Å². The number of aromatic hydroxyl groups is 1. The number of rotatable bonds is 4. The molecular formula is C15H13F2NO3. The lowest BCUT2D eigenvalue weighted by Gasteiger charge is -2.12. The van der Waals surface area contributed by atoms with Gasteiger partial charge < -0.3 is 15.2 Å². The fourth-order valence-corrected chi connectivity index (χ4v) is 1.91. The molecule has 0 fully saturated rings. The average Bonchev–Trinajstić information content (AvgIpc) is 2.48. The van der Waals surface area contributed by atoms with Gasteiger partial charge >= 0.3 is 6.61 Å². The van der Waals surface area contributed by atoms with E-state index in [1.807, 2.05) is 0 Å². The summed E-state index contributed by atoms with van der Waals surface area (Å²) < 4.78 is 29.3. The van der Waals surface area contributed by atoms with Gasteiger partial charge in [-0.1, -0.05) is 12.1 Å². The van der Waals surface area contributed by atoms with Crippen molar-refractivity contribution in [2.24, 2.45) is 0 Å². The van der Waals surface area contributed by atoms with Gasteiger partial charge in [0.1, 0.15) is 11.5 Å². The number of halogens is 2. The molecule has 0 radical (unpaired) electrons. The fraction of sp³-hybridized carbons (Fsp3) is 0.133. The lowest BCUT2D eigenvalue weighted by atomic mass is 10.0. The summed E-state index contributed by atoms with van der Waals surface area (Å²) in [6, 6.07) is 10.2. The van der Waals surface area contributed by atoms with Gasteiger partial charge in [-0.05, 0) is 35.9 Å². The van der Waals surface area contributed by atoms with E-state index < -0.39 is 6.61 Å². The van der Waals surface area contributed by atoms with Gasteiger partial charge in [-0.25, -0.2) is 0 Å². The molecule has 0 aliphatic carbocycles. The molecule has 0 saturated heterocycles. The van der Waals surface area contributed by atoms with Gasteiger partial charge in [0.2, 0.25) is 0 Å². The van der Waals surface area contributed by atoms with Crippen LogP contribution in [0.15, 0.2) is 42.5 Å². The zero-order valence-corrected chi connectivity index (χ0v) is 11.1. The minimum atomic E-state index is -2.98. The highest BCUT2D eigenvalue weighted by atomic mass is 19.3. The van der Waals surface area contributed by atoms with Crippen molar-refractivity contribution in [2.45, 2.75) is 6.61 Å². The van der Waals surface area contributed by atoms with Gasteiger partial charge in [0.15, 0.2) is 0 Å². The summed E-state index contributed by atoms with van der Waals surface area (Å²) in [6.07, 6.45) is 0. The molecule has 0 bridgehead atoms. The maximum atomic E-state index is 12.4. The van der Waals surface area contributed by atoms with Crippen molar-refractivity contribution < 1.29 is 23.4 Å². The molecule has 0 aromatic heterocycles. The molecule has 0 aliphatic heterocycles.